The Morgan fingerprint density at radius 2 is 1.81 bits per heavy atom. The van der Waals surface area contributed by atoms with Crippen molar-refractivity contribution in [2.24, 2.45) is 5.92 Å². The molecule has 1 aliphatic heterocycles. The maximum atomic E-state index is 13.2. The average Bonchev–Trinajstić information content (AvgIpc) is 3.40. The molecular weight excluding hydrogens is 484 g/mol. The van der Waals surface area contributed by atoms with Crippen LogP contribution in [0.5, 0.6) is 0 Å². The Kier molecular flexibility index (Phi) is 8.68. The third-order valence-corrected chi connectivity index (χ3v) is 8.50. The zero-order chi connectivity index (χ0) is 26.7. The second-order valence-corrected chi connectivity index (χ2v) is 11.1. The average molecular weight is 525 g/mol. The molecule has 2 fully saturated rings. The molecule has 1 amide bonds. The van der Waals surface area contributed by atoms with Gasteiger partial charge in [0.15, 0.2) is 0 Å². The predicted molar refractivity (Wildman–Crippen MR) is 153 cm³/mol. The number of likely N-dealkylation sites (tertiary alicyclic amines) is 1. The van der Waals surface area contributed by atoms with Crippen LogP contribution in [0.1, 0.15) is 78.2 Å². The van der Waals surface area contributed by atoms with Gasteiger partial charge >= 0.3 is 0 Å². The highest BCUT2D eigenvalue weighted by atomic mass is 35.5. The number of H-pyrrole nitrogens is 1. The van der Waals surface area contributed by atoms with E-state index in [0.717, 1.165) is 67.8 Å². The van der Waals surface area contributed by atoms with Gasteiger partial charge in [0.05, 0.1) is 0 Å². The minimum Gasteiger partial charge on any atom is -0.375 e. The van der Waals surface area contributed by atoms with E-state index in [4.69, 9.17) is 11.6 Å². The normalized spacial score (nSPS) is 19.6. The molecule has 0 spiro atoms. The summed E-state index contributed by atoms with van der Waals surface area (Å²) in [5, 5.41) is 3.49. The van der Waals surface area contributed by atoms with Gasteiger partial charge in [0.2, 0.25) is 0 Å². The number of aryl methyl sites for hydroxylation is 2. The first-order chi connectivity index (χ1) is 17.7. The Labute approximate surface area is 226 Å². The number of anilines is 1. The fourth-order valence-electron chi connectivity index (χ4n) is 6.17. The maximum Gasteiger partial charge on any atom is 0.253 e. The largest absolute Gasteiger partial charge is 0.375 e. The number of benzene rings is 1. The van der Waals surface area contributed by atoms with E-state index < -0.39 is 0 Å². The summed E-state index contributed by atoms with van der Waals surface area (Å²) in [6.45, 7) is 15.7. The molecule has 2 N–H and O–H groups in total. The molecule has 7 heteroatoms. The molecule has 0 atom stereocenters. The molecule has 0 radical (unpaired) electrons. The SMILES string of the molecule is C=C([C@H]1CC[C@@H](N(CC)c2cc(Cl)cc(C(=O)NCc3c(C)cc(C)[nH]c3=O)c2C)CC1)N1CCCC1. The van der Waals surface area contributed by atoms with Gasteiger partial charge < -0.3 is 20.1 Å². The first-order valence-electron chi connectivity index (χ1n) is 13.7. The Balaban J connectivity index is 1.47. The number of allylic oxidation sites excluding steroid dienone is 1. The lowest BCUT2D eigenvalue weighted by Gasteiger charge is -2.40. The first-order valence-corrected chi connectivity index (χ1v) is 14.1. The lowest BCUT2D eigenvalue weighted by Crippen LogP contribution is -2.40. The number of aromatic amines is 1. The molecule has 6 nitrogen and oxygen atoms in total. The van der Waals surface area contributed by atoms with Gasteiger partial charge in [0.25, 0.3) is 11.5 Å². The van der Waals surface area contributed by atoms with Crippen LogP contribution in [0, 0.1) is 26.7 Å². The molecule has 2 aliphatic rings. The van der Waals surface area contributed by atoms with Gasteiger partial charge in [0, 0.05) is 65.4 Å². The third-order valence-electron chi connectivity index (χ3n) is 8.28. The van der Waals surface area contributed by atoms with E-state index in [9.17, 15) is 9.59 Å². The van der Waals surface area contributed by atoms with E-state index >= 15 is 0 Å². The number of halogens is 1. The number of carbonyl (C=O) groups is 1. The molecule has 200 valence electrons. The zero-order valence-electron chi connectivity index (χ0n) is 22.8. The molecule has 1 aromatic heterocycles. The van der Waals surface area contributed by atoms with Crippen LogP contribution in [0.3, 0.4) is 0 Å². The van der Waals surface area contributed by atoms with Crippen molar-refractivity contribution in [1.29, 1.82) is 0 Å². The smallest absolute Gasteiger partial charge is 0.253 e. The highest BCUT2D eigenvalue weighted by Crippen LogP contribution is 2.37. The highest BCUT2D eigenvalue weighted by molar-refractivity contribution is 6.31. The van der Waals surface area contributed by atoms with Crippen molar-refractivity contribution in [2.75, 3.05) is 24.5 Å². The van der Waals surface area contributed by atoms with E-state index in [1.54, 1.807) is 6.07 Å². The first kappa shape index (κ1) is 27.3. The van der Waals surface area contributed by atoms with Gasteiger partial charge in [-0.2, -0.15) is 0 Å². The molecular formula is C30H41ClN4O2. The molecule has 1 aromatic carbocycles. The quantitative estimate of drug-likeness (QED) is 0.452. The number of nitrogens with zero attached hydrogens (tertiary/aromatic N) is 2. The number of rotatable bonds is 8. The van der Waals surface area contributed by atoms with Gasteiger partial charge in [-0.3, -0.25) is 9.59 Å². The summed E-state index contributed by atoms with van der Waals surface area (Å²) in [5.41, 5.74) is 5.90. The zero-order valence-corrected chi connectivity index (χ0v) is 23.5. The van der Waals surface area contributed by atoms with Crippen molar-refractivity contribution in [3.63, 3.8) is 0 Å². The lowest BCUT2D eigenvalue weighted by atomic mass is 9.83. The summed E-state index contributed by atoms with van der Waals surface area (Å²) in [5.74, 6) is 0.352. The Morgan fingerprint density at radius 1 is 1.14 bits per heavy atom. The van der Waals surface area contributed by atoms with Crippen LogP contribution in [0.4, 0.5) is 5.69 Å². The Hall–Kier alpha value is -2.73. The van der Waals surface area contributed by atoms with Crippen molar-refractivity contribution >= 4 is 23.2 Å². The summed E-state index contributed by atoms with van der Waals surface area (Å²) in [4.78, 5) is 33.4. The van der Waals surface area contributed by atoms with E-state index in [2.05, 4.69) is 33.6 Å². The van der Waals surface area contributed by atoms with Crippen LogP contribution in [0.15, 0.2) is 35.3 Å². The van der Waals surface area contributed by atoms with Crippen molar-refractivity contribution in [3.8, 4) is 0 Å². The molecule has 2 aromatic rings. The molecule has 2 heterocycles. The van der Waals surface area contributed by atoms with Gasteiger partial charge in [-0.1, -0.05) is 18.2 Å². The van der Waals surface area contributed by atoms with Crippen LogP contribution in [-0.2, 0) is 6.54 Å². The summed E-state index contributed by atoms with van der Waals surface area (Å²) >= 11 is 6.55. The molecule has 1 aliphatic carbocycles. The summed E-state index contributed by atoms with van der Waals surface area (Å²) in [6.07, 6.45) is 7.07. The van der Waals surface area contributed by atoms with Crippen molar-refractivity contribution in [3.05, 3.63) is 73.8 Å². The van der Waals surface area contributed by atoms with E-state index in [0.29, 0.717) is 28.1 Å². The predicted octanol–water partition coefficient (Wildman–Crippen LogP) is 5.88. The number of amides is 1. The van der Waals surface area contributed by atoms with Crippen LogP contribution >= 0.6 is 11.6 Å². The third kappa shape index (κ3) is 6.06. The minimum absolute atomic E-state index is 0.165. The minimum atomic E-state index is -0.220. The maximum absolute atomic E-state index is 13.2. The number of carbonyl (C=O) groups excluding carboxylic acids is 1. The van der Waals surface area contributed by atoms with E-state index in [1.165, 1.54) is 18.5 Å². The molecule has 0 bridgehead atoms. The number of nitrogens with one attached hydrogen (secondary N) is 2. The van der Waals surface area contributed by atoms with Crippen molar-refractivity contribution < 1.29 is 4.79 Å². The van der Waals surface area contributed by atoms with Gasteiger partial charge in [-0.25, -0.2) is 0 Å². The van der Waals surface area contributed by atoms with Crippen LogP contribution in [0.25, 0.3) is 0 Å². The number of pyridine rings is 1. The van der Waals surface area contributed by atoms with E-state index in [-0.39, 0.29) is 18.0 Å². The fourth-order valence-corrected chi connectivity index (χ4v) is 6.38. The van der Waals surface area contributed by atoms with Crippen LogP contribution in [0.2, 0.25) is 5.02 Å². The standard InChI is InChI=1S/C30H41ClN4O2/c1-6-35(25-11-9-23(10-12-25)22(5)34-13-7-8-14-34)28-17-24(31)16-26(21(28)4)29(36)32-18-27-19(2)15-20(3)33-30(27)37/h15-17,23,25H,5-14,18H2,1-4H3,(H,32,36)(H,33,37)/t23-,25+. The monoisotopic (exact) mass is 524 g/mol. The van der Waals surface area contributed by atoms with E-state index in [1.807, 2.05) is 32.9 Å². The molecule has 37 heavy (non-hydrogen) atoms. The molecule has 0 unspecified atom stereocenters. The number of hydrogen-bond donors (Lipinski definition) is 2. The van der Waals surface area contributed by atoms with Crippen LogP contribution < -0.4 is 15.8 Å². The van der Waals surface area contributed by atoms with Crippen molar-refractivity contribution in [1.82, 2.24) is 15.2 Å². The summed E-state index contributed by atoms with van der Waals surface area (Å²) < 4.78 is 0. The number of hydrogen-bond acceptors (Lipinski definition) is 4. The molecule has 1 saturated heterocycles. The number of aromatic nitrogens is 1. The molecule has 4 rings (SSSR count). The van der Waals surface area contributed by atoms with Crippen molar-refractivity contribution in [2.45, 2.75) is 78.8 Å². The Morgan fingerprint density at radius 3 is 2.43 bits per heavy atom. The summed E-state index contributed by atoms with van der Waals surface area (Å²) in [6, 6.07) is 6.04. The summed E-state index contributed by atoms with van der Waals surface area (Å²) in [7, 11) is 0. The Bertz CT molecular complexity index is 1210. The van der Waals surface area contributed by atoms with Gasteiger partial charge in [-0.15, -0.1) is 0 Å². The molecule has 1 saturated carbocycles. The second-order valence-electron chi connectivity index (χ2n) is 10.7. The fraction of sp³-hybridized carbons (Fsp3) is 0.533. The van der Waals surface area contributed by atoms with Crippen LogP contribution in [-0.4, -0.2) is 41.5 Å². The lowest BCUT2D eigenvalue weighted by molar-refractivity contribution is 0.0950. The topological polar surface area (TPSA) is 68.4 Å². The van der Waals surface area contributed by atoms with Gasteiger partial charge in [-0.05, 0) is 101 Å². The highest BCUT2D eigenvalue weighted by Gasteiger charge is 2.30. The van der Waals surface area contributed by atoms with Gasteiger partial charge in [0.1, 0.15) is 0 Å². The second kappa shape index (κ2) is 11.8.